The van der Waals surface area contributed by atoms with Crippen LogP contribution in [-0.4, -0.2) is 92.6 Å². The van der Waals surface area contributed by atoms with E-state index in [1.165, 1.54) is 0 Å². The average molecular weight is 903 g/mol. The van der Waals surface area contributed by atoms with Crippen LogP contribution in [0.5, 0.6) is 0 Å². The number of hydrogen-bond acceptors (Lipinski definition) is 12. The van der Waals surface area contributed by atoms with Crippen LogP contribution >= 0.6 is 0 Å². The lowest BCUT2D eigenvalue weighted by Crippen LogP contribution is -2.64. The fourth-order valence-corrected chi connectivity index (χ4v) is 11.9. The molecular formula is C52H94N4O8. The molecule has 0 aromatic rings. The van der Waals surface area contributed by atoms with Gasteiger partial charge in [0.15, 0.2) is 5.92 Å². The molecule has 12 nitrogen and oxygen atoms in total. The summed E-state index contributed by atoms with van der Waals surface area (Å²) in [6.45, 7) is 42.6. The molecule has 64 heavy (non-hydrogen) atoms. The van der Waals surface area contributed by atoms with E-state index in [2.05, 4.69) is 160 Å². The molecule has 12 heteroatoms. The molecule has 0 spiro atoms. The number of carbonyl (C=O) groups is 4. The van der Waals surface area contributed by atoms with Crippen molar-refractivity contribution in [2.75, 3.05) is 0 Å². The second-order valence-corrected chi connectivity index (χ2v) is 25.9. The van der Waals surface area contributed by atoms with Crippen molar-refractivity contribution >= 4 is 23.9 Å². The van der Waals surface area contributed by atoms with E-state index in [0.717, 1.165) is 0 Å². The number of piperidine rings is 4. The molecule has 0 amide bonds. The van der Waals surface area contributed by atoms with Gasteiger partial charge in [-0.25, -0.2) is 0 Å². The molecule has 4 rings (SSSR count). The molecule has 4 saturated heterocycles. The minimum atomic E-state index is -1.67. The Labute approximate surface area is 389 Å². The Balaban J connectivity index is 1.75. The van der Waals surface area contributed by atoms with E-state index in [-0.39, 0.29) is 86.9 Å². The lowest BCUT2D eigenvalue weighted by atomic mass is 9.74. The molecule has 4 fully saturated rings. The topological polar surface area (TPSA) is 153 Å². The molecule has 4 N–H and O–H groups in total. The predicted octanol–water partition coefficient (Wildman–Crippen LogP) is 8.95. The van der Waals surface area contributed by atoms with Gasteiger partial charge in [-0.05, 0) is 113 Å². The average Bonchev–Trinajstić information content (AvgIpc) is 3.06. The molecule has 9 unspecified atom stereocenters. The maximum absolute atomic E-state index is 15.1. The number of ether oxygens (including phenoxy) is 4. The minimum absolute atomic E-state index is 0.152. The first-order valence-corrected chi connectivity index (χ1v) is 24.9. The fraction of sp³-hybridized carbons (Fsp3) is 0.923. The number of rotatable bonds is 15. The zero-order valence-corrected chi connectivity index (χ0v) is 44.1. The summed E-state index contributed by atoms with van der Waals surface area (Å²) in [5, 5.41) is 15.1. The Morgan fingerprint density at radius 1 is 0.406 bits per heavy atom. The monoisotopic (exact) mass is 903 g/mol. The van der Waals surface area contributed by atoms with Crippen LogP contribution in [0, 0.1) is 35.5 Å². The summed E-state index contributed by atoms with van der Waals surface area (Å²) >= 11 is 0. The normalized spacial score (nSPS) is 35.7. The third kappa shape index (κ3) is 13.7. The first-order chi connectivity index (χ1) is 28.9. The molecule has 9 atom stereocenters. The maximum atomic E-state index is 15.1. The summed E-state index contributed by atoms with van der Waals surface area (Å²) in [5.41, 5.74) is -2.69. The zero-order valence-electron chi connectivity index (χ0n) is 44.1. The highest BCUT2D eigenvalue weighted by atomic mass is 16.6. The van der Waals surface area contributed by atoms with E-state index >= 15 is 14.4 Å². The first-order valence-electron chi connectivity index (χ1n) is 24.9. The zero-order chi connectivity index (χ0) is 48.8. The molecule has 0 aromatic heterocycles. The lowest BCUT2D eigenvalue weighted by molar-refractivity contribution is -0.184. The lowest BCUT2D eigenvalue weighted by Gasteiger charge is -2.50. The van der Waals surface area contributed by atoms with Crippen molar-refractivity contribution in [2.24, 2.45) is 35.5 Å². The van der Waals surface area contributed by atoms with Gasteiger partial charge in [0.1, 0.15) is 24.4 Å². The van der Waals surface area contributed by atoms with Gasteiger partial charge >= 0.3 is 23.9 Å². The number of nitrogens with one attached hydrogen (secondary N) is 4. The highest BCUT2D eigenvalue weighted by Crippen LogP contribution is 2.41. The summed E-state index contributed by atoms with van der Waals surface area (Å²) in [6, 6.07) is 0. The Morgan fingerprint density at radius 3 is 0.922 bits per heavy atom. The summed E-state index contributed by atoms with van der Waals surface area (Å²) in [5.74, 6) is -4.90. The highest BCUT2D eigenvalue weighted by Gasteiger charge is 2.52. The van der Waals surface area contributed by atoms with E-state index < -0.39 is 54.0 Å². The van der Waals surface area contributed by atoms with Crippen LogP contribution in [0.3, 0.4) is 0 Å². The van der Waals surface area contributed by atoms with Crippen LogP contribution in [0.2, 0.25) is 0 Å². The molecular weight excluding hydrogens is 809 g/mol. The van der Waals surface area contributed by atoms with Gasteiger partial charge in [0, 0.05) is 102 Å². The fourth-order valence-electron chi connectivity index (χ4n) is 11.9. The Hall–Kier alpha value is -2.28. The predicted molar refractivity (Wildman–Crippen MR) is 255 cm³/mol. The van der Waals surface area contributed by atoms with Crippen LogP contribution in [0.1, 0.15) is 203 Å². The molecule has 0 bridgehead atoms. The molecule has 0 aliphatic carbocycles. The minimum Gasteiger partial charge on any atom is -0.462 e. The van der Waals surface area contributed by atoms with E-state index in [1.807, 2.05) is 0 Å². The van der Waals surface area contributed by atoms with Gasteiger partial charge in [0.2, 0.25) is 0 Å². The van der Waals surface area contributed by atoms with Crippen molar-refractivity contribution in [3.05, 3.63) is 0 Å². The second-order valence-electron chi connectivity index (χ2n) is 25.9. The molecule has 0 radical (unpaired) electrons. The standard InChI is InChI=1S/C52H94N4O8/c1-31(2)49(17)27-35(23-45(9,10)53-49)61-40(57)22-21-39(42(58)62-36-24-46(11,12)54-50(18,28-36)32(3)4)41(43(59)63-37-25-47(13,14)55-51(19,29-37)33(5)6)44(60)64-38-26-48(15,16)56-52(20,30-38)34(7)8/h31-39,41,53-56H,21-30H2,1-20H3. The van der Waals surface area contributed by atoms with Crippen molar-refractivity contribution in [3.63, 3.8) is 0 Å². The Kier molecular flexibility index (Phi) is 16.4. The molecule has 4 aliphatic rings. The van der Waals surface area contributed by atoms with E-state index in [1.54, 1.807) is 0 Å². The maximum Gasteiger partial charge on any atom is 0.321 e. The van der Waals surface area contributed by atoms with Crippen molar-refractivity contribution < 1.29 is 38.1 Å². The van der Waals surface area contributed by atoms with Crippen LogP contribution in [0.15, 0.2) is 0 Å². The summed E-state index contributed by atoms with van der Waals surface area (Å²) < 4.78 is 25.6. The van der Waals surface area contributed by atoms with Gasteiger partial charge in [-0.15, -0.1) is 0 Å². The molecule has 0 aromatic carbocycles. The Bertz CT molecular complexity index is 1620. The number of carbonyl (C=O) groups excluding carboxylic acids is 4. The van der Waals surface area contributed by atoms with Crippen molar-refractivity contribution in [3.8, 4) is 0 Å². The molecule has 370 valence electrons. The van der Waals surface area contributed by atoms with Crippen molar-refractivity contribution in [2.45, 2.75) is 271 Å². The van der Waals surface area contributed by atoms with Gasteiger partial charge in [-0.3, -0.25) is 19.2 Å². The summed E-state index contributed by atoms with van der Waals surface area (Å²) in [4.78, 5) is 59.2. The van der Waals surface area contributed by atoms with E-state index in [4.69, 9.17) is 18.9 Å². The quantitative estimate of drug-likeness (QED) is 0.0705. The molecule has 4 aliphatic heterocycles. The largest absolute Gasteiger partial charge is 0.462 e. The molecule has 4 heterocycles. The highest BCUT2D eigenvalue weighted by molar-refractivity contribution is 5.99. The van der Waals surface area contributed by atoms with Crippen LogP contribution < -0.4 is 21.3 Å². The van der Waals surface area contributed by atoms with Crippen molar-refractivity contribution in [1.29, 1.82) is 0 Å². The van der Waals surface area contributed by atoms with Crippen LogP contribution in [0.4, 0.5) is 0 Å². The van der Waals surface area contributed by atoms with Gasteiger partial charge in [0.05, 0.1) is 5.92 Å². The summed E-state index contributed by atoms with van der Waals surface area (Å²) in [7, 11) is 0. The van der Waals surface area contributed by atoms with Gasteiger partial charge in [-0.1, -0.05) is 55.4 Å². The number of hydrogen-bond donors (Lipinski definition) is 4. The van der Waals surface area contributed by atoms with Crippen LogP contribution in [-0.2, 0) is 38.1 Å². The second kappa shape index (κ2) is 19.4. The van der Waals surface area contributed by atoms with E-state index in [9.17, 15) is 4.79 Å². The van der Waals surface area contributed by atoms with Crippen molar-refractivity contribution in [1.82, 2.24) is 21.3 Å². The smallest absolute Gasteiger partial charge is 0.321 e. The van der Waals surface area contributed by atoms with E-state index in [0.29, 0.717) is 51.4 Å². The molecule has 0 saturated carbocycles. The first kappa shape index (κ1) is 54.3. The summed E-state index contributed by atoms with van der Waals surface area (Å²) in [6.07, 6.45) is 2.14. The third-order valence-electron chi connectivity index (χ3n) is 16.2. The van der Waals surface area contributed by atoms with Gasteiger partial charge in [-0.2, -0.15) is 0 Å². The number of esters is 4. The van der Waals surface area contributed by atoms with Gasteiger partial charge < -0.3 is 40.2 Å². The SMILES string of the molecule is CC(C)C1(C)CC(OC(=O)CCC(C(=O)OC2CC(C)(C)NC(C)(C(C)C)C2)C(C(=O)OC2CC(C)(C)NC(C)(C(C)C)C2)C(=O)OC2CC(C)(C)NC(C)(C(C)C)C2)CC(C)(C)N1. The van der Waals surface area contributed by atoms with Gasteiger partial charge in [0.25, 0.3) is 0 Å². The Morgan fingerprint density at radius 2 is 0.656 bits per heavy atom. The van der Waals surface area contributed by atoms with Crippen LogP contribution in [0.25, 0.3) is 0 Å². The third-order valence-corrected chi connectivity index (χ3v) is 16.2.